The fourth-order valence-corrected chi connectivity index (χ4v) is 1.88. The Labute approximate surface area is 90.8 Å². The Bertz CT molecular complexity index is 415. The predicted molar refractivity (Wildman–Crippen MR) is 62.3 cm³/mol. The minimum absolute atomic E-state index is 0.0842. The van der Waals surface area contributed by atoms with E-state index in [2.05, 4.69) is 10.0 Å². The van der Waals surface area contributed by atoms with E-state index in [1.165, 1.54) is 0 Å². The Morgan fingerprint density at radius 1 is 1.27 bits per heavy atom. The average molecular weight is 228 g/mol. The zero-order chi connectivity index (χ0) is 11.3. The van der Waals surface area contributed by atoms with E-state index in [9.17, 15) is 8.42 Å². The summed E-state index contributed by atoms with van der Waals surface area (Å²) in [5.41, 5.74) is 1.59. The summed E-state index contributed by atoms with van der Waals surface area (Å²) in [6.07, 6.45) is 0. The van der Waals surface area contributed by atoms with Gasteiger partial charge in [-0.25, -0.2) is 8.42 Å². The number of hydrogen-bond acceptors (Lipinski definition) is 3. The first kappa shape index (κ1) is 12.0. The molecular formula is C10H16N2O2S. The molecule has 1 aromatic rings. The van der Waals surface area contributed by atoms with Gasteiger partial charge in [0.15, 0.2) is 0 Å². The number of anilines is 1. The molecule has 0 spiro atoms. The first-order valence-electron chi connectivity index (χ1n) is 4.82. The third-order valence-corrected chi connectivity index (χ3v) is 3.32. The Morgan fingerprint density at radius 3 is 2.53 bits per heavy atom. The van der Waals surface area contributed by atoms with Crippen LogP contribution < -0.4 is 10.0 Å². The molecule has 0 saturated heterocycles. The molecule has 0 saturated carbocycles. The van der Waals surface area contributed by atoms with E-state index in [0.717, 1.165) is 5.56 Å². The van der Waals surface area contributed by atoms with Gasteiger partial charge in [0.1, 0.15) is 0 Å². The van der Waals surface area contributed by atoms with E-state index >= 15 is 0 Å². The van der Waals surface area contributed by atoms with Gasteiger partial charge in [-0.3, -0.25) is 4.72 Å². The van der Waals surface area contributed by atoms with Gasteiger partial charge in [-0.1, -0.05) is 18.2 Å². The Balaban J connectivity index is 2.94. The molecule has 2 N–H and O–H groups in total. The van der Waals surface area contributed by atoms with Gasteiger partial charge in [0.05, 0.1) is 11.4 Å². The van der Waals surface area contributed by atoms with Crippen molar-refractivity contribution in [2.45, 2.75) is 13.5 Å². The molecule has 0 radical (unpaired) electrons. The van der Waals surface area contributed by atoms with Crippen molar-refractivity contribution >= 4 is 15.7 Å². The highest BCUT2D eigenvalue weighted by atomic mass is 32.2. The van der Waals surface area contributed by atoms with E-state index in [-0.39, 0.29) is 5.75 Å². The molecule has 0 bridgehead atoms. The fraction of sp³-hybridized carbons (Fsp3) is 0.400. The summed E-state index contributed by atoms with van der Waals surface area (Å²) in [6, 6.07) is 7.35. The van der Waals surface area contributed by atoms with Gasteiger partial charge in [0.25, 0.3) is 0 Å². The summed E-state index contributed by atoms with van der Waals surface area (Å²) in [4.78, 5) is 0. The molecule has 0 aromatic heterocycles. The van der Waals surface area contributed by atoms with Crippen molar-refractivity contribution in [3.05, 3.63) is 29.8 Å². The second kappa shape index (κ2) is 5.14. The number of benzene rings is 1. The topological polar surface area (TPSA) is 58.2 Å². The van der Waals surface area contributed by atoms with Gasteiger partial charge in [0, 0.05) is 6.54 Å². The SMILES string of the molecule is CCS(=O)(=O)Nc1ccccc1CNC. The Hall–Kier alpha value is -1.07. The normalized spacial score (nSPS) is 11.3. The van der Waals surface area contributed by atoms with Crippen molar-refractivity contribution in [3.8, 4) is 0 Å². The average Bonchev–Trinajstić information content (AvgIpc) is 2.21. The van der Waals surface area contributed by atoms with Gasteiger partial charge in [-0.2, -0.15) is 0 Å². The van der Waals surface area contributed by atoms with Gasteiger partial charge in [-0.15, -0.1) is 0 Å². The van der Waals surface area contributed by atoms with Crippen LogP contribution in [0.25, 0.3) is 0 Å². The minimum atomic E-state index is -3.19. The molecule has 5 heteroatoms. The Kier molecular flexibility index (Phi) is 4.11. The lowest BCUT2D eigenvalue weighted by Crippen LogP contribution is -2.17. The van der Waals surface area contributed by atoms with Crippen LogP contribution in [0, 0.1) is 0 Å². The molecule has 0 unspecified atom stereocenters. The first-order valence-corrected chi connectivity index (χ1v) is 6.47. The molecule has 0 aliphatic rings. The van der Waals surface area contributed by atoms with Crippen LogP contribution in [-0.4, -0.2) is 21.2 Å². The molecule has 4 nitrogen and oxygen atoms in total. The van der Waals surface area contributed by atoms with Crippen molar-refractivity contribution in [3.63, 3.8) is 0 Å². The lowest BCUT2D eigenvalue weighted by Gasteiger charge is -2.10. The third-order valence-electron chi connectivity index (χ3n) is 2.03. The molecule has 0 fully saturated rings. The fourth-order valence-electron chi connectivity index (χ4n) is 1.20. The van der Waals surface area contributed by atoms with Crippen LogP contribution in [0.15, 0.2) is 24.3 Å². The van der Waals surface area contributed by atoms with E-state index < -0.39 is 10.0 Å². The summed E-state index contributed by atoms with van der Waals surface area (Å²) < 4.78 is 25.3. The molecule has 0 atom stereocenters. The standard InChI is InChI=1S/C10H16N2O2S/c1-3-15(13,14)12-10-7-5-4-6-9(10)8-11-2/h4-7,11-12H,3,8H2,1-2H3. The molecule has 1 rings (SSSR count). The smallest absolute Gasteiger partial charge is 0.232 e. The lowest BCUT2D eigenvalue weighted by molar-refractivity contribution is 0.602. The molecule has 1 aromatic carbocycles. The van der Waals surface area contributed by atoms with Crippen LogP contribution in [0.1, 0.15) is 12.5 Å². The van der Waals surface area contributed by atoms with Gasteiger partial charge < -0.3 is 5.32 Å². The van der Waals surface area contributed by atoms with Crippen LogP contribution in [0.4, 0.5) is 5.69 Å². The second-order valence-electron chi connectivity index (χ2n) is 3.19. The maximum atomic E-state index is 11.4. The van der Waals surface area contributed by atoms with E-state index in [1.54, 1.807) is 13.0 Å². The number of para-hydroxylation sites is 1. The summed E-state index contributed by atoms with van der Waals surface area (Å²) in [5.74, 6) is 0.0842. The molecule has 0 amide bonds. The molecular weight excluding hydrogens is 212 g/mol. The summed E-state index contributed by atoms with van der Waals surface area (Å²) in [7, 11) is -1.37. The summed E-state index contributed by atoms with van der Waals surface area (Å²) >= 11 is 0. The summed E-state index contributed by atoms with van der Waals surface area (Å²) in [5, 5.41) is 2.99. The molecule has 0 aliphatic heterocycles. The minimum Gasteiger partial charge on any atom is -0.316 e. The van der Waals surface area contributed by atoms with Crippen LogP contribution in [0.2, 0.25) is 0 Å². The number of hydrogen-bond donors (Lipinski definition) is 2. The third kappa shape index (κ3) is 3.53. The van der Waals surface area contributed by atoms with Crippen LogP contribution in [0.3, 0.4) is 0 Å². The zero-order valence-corrected chi connectivity index (χ0v) is 9.76. The quantitative estimate of drug-likeness (QED) is 0.795. The van der Waals surface area contributed by atoms with Crippen molar-refractivity contribution in [1.29, 1.82) is 0 Å². The monoisotopic (exact) mass is 228 g/mol. The first-order chi connectivity index (χ1) is 7.09. The number of sulfonamides is 1. The van der Waals surface area contributed by atoms with Crippen LogP contribution >= 0.6 is 0 Å². The number of nitrogens with one attached hydrogen (secondary N) is 2. The van der Waals surface area contributed by atoms with Crippen molar-refractivity contribution in [2.24, 2.45) is 0 Å². The van der Waals surface area contributed by atoms with E-state index in [0.29, 0.717) is 12.2 Å². The van der Waals surface area contributed by atoms with Crippen LogP contribution in [0.5, 0.6) is 0 Å². The van der Waals surface area contributed by atoms with Crippen LogP contribution in [-0.2, 0) is 16.6 Å². The largest absolute Gasteiger partial charge is 0.316 e. The van der Waals surface area contributed by atoms with Gasteiger partial charge in [0.2, 0.25) is 10.0 Å². The zero-order valence-electron chi connectivity index (χ0n) is 8.95. The second-order valence-corrected chi connectivity index (χ2v) is 5.20. The maximum Gasteiger partial charge on any atom is 0.232 e. The molecule has 15 heavy (non-hydrogen) atoms. The summed E-state index contributed by atoms with van der Waals surface area (Å²) in [6.45, 7) is 2.26. The van der Waals surface area contributed by atoms with Crippen molar-refractivity contribution in [2.75, 3.05) is 17.5 Å². The van der Waals surface area contributed by atoms with Gasteiger partial charge in [-0.05, 0) is 25.6 Å². The highest BCUT2D eigenvalue weighted by Crippen LogP contribution is 2.16. The lowest BCUT2D eigenvalue weighted by atomic mass is 10.2. The number of rotatable bonds is 5. The van der Waals surface area contributed by atoms with Crippen molar-refractivity contribution < 1.29 is 8.42 Å². The predicted octanol–water partition coefficient (Wildman–Crippen LogP) is 1.17. The highest BCUT2D eigenvalue weighted by Gasteiger charge is 2.09. The van der Waals surface area contributed by atoms with E-state index in [1.807, 2.05) is 25.2 Å². The highest BCUT2D eigenvalue weighted by molar-refractivity contribution is 7.92. The maximum absolute atomic E-state index is 11.4. The van der Waals surface area contributed by atoms with Crippen molar-refractivity contribution in [1.82, 2.24) is 5.32 Å². The molecule has 0 aliphatic carbocycles. The Morgan fingerprint density at radius 2 is 1.93 bits per heavy atom. The van der Waals surface area contributed by atoms with Gasteiger partial charge >= 0.3 is 0 Å². The van der Waals surface area contributed by atoms with E-state index in [4.69, 9.17) is 0 Å². The molecule has 84 valence electrons. The molecule has 0 heterocycles.